The predicted octanol–water partition coefficient (Wildman–Crippen LogP) is 3.65. The number of benzene rings is 2. The molecule has 2 aromatic rings. The van der Waals surface area contributed by atoms with Gasteiger partial charge in [-0.3, -0.25) is 0 Å². The second-order valence-electron chi connectivity index (χ2n) is 5.21. The largest absolute Gasteiger partial charge is 0.504 e. The van der Waals surface area contributed by atoms with Crippen molar-refractivity contribution in [2.75, 3.05) is 19.1 Å². The maximum atomic E-state index is 9.62. The summed E-state index contributed by atoms with van der Waals surface area (Å²) in [5.74, 6) is 0.682. The third-order valence-corrected chi connectivity index (χ3v) is 3.31. The monoisotopic (exact) mass is 271 g/mol. The number of methoxy groups -OCH3 is 1. The van der Waals surface area contributed by atoms with Gasteiger partial charge in [0, 0.05) is 19.3 Å². The van der Waals surface area contributed by atoms with E-state index in [2.05, 4.69) is 44.0 Å². The molecule has 0 atom stereocenters. The molecule has 2 aromatic carbocycles. The molecule has 0 spiro atoms. The zero-order valence-electron chi connectivity index (χ0n) is 12.5. The third kappa shape index (κ3) is 3.23. The molecule has 0 saturated carbocycles. The fourth-order valence-corrected chi connectivity index (χ4v) is 2.36. The molecule has 0 radical (unpaired) electrons. The summed E-state index contributed by atoms with van der Waals surface area (Å²) in [6, 6.07) is 12.0. The quantitative estimate of drug-likeness (QED) is 0.921. The van der Waals surface area contributed by atoms with Gasteiger partial charge < -0.3 is 14.7 Å². The SMILES string of the molecule is COc1cc(CN(C)c2cc(C)cc(C)c2)ccc1O. The Balaban J connectivity index is 2.20. The fourth-order valence-electron chi connectivity index (χ4n) is 2.36. The minimum atomic E-state index is 0.172. The number of hydrogen-bond donors (Lipinski definition) is 1. The van der Waals surface area contributed by atoms with Gasteiger partial charge in [-0.15, -0.1) is 0 Å². The van der Waals surface area contributed by atoms with E-state index in [1.807, 2.05) is 12.1 Å². The van der Waals surface area contributed by atoms with E-state index in [1.54, 1.807) is 13.2 Å². The third-order valence-electron chi connectivity index (χ3n) is 3.31. The summed E-state index contributed by atoms with van der Waals surface area (Å²) in [5, 5.41) is 9.62. The van der Waals surface area contributed by atoms with E-state index in [9.17, 15) is 5.11 Å². The summed E-state index contributed by atoms with van der Waals surface area (Å²) >= 11 is 0. The van der Waals surface area contributed by atoms with Crippen LogP contribution in [0.25, 0.3) is 0 Å². The first-order valence-electron chi connectivity index (χ1n) is 6.65. The normalized spacial score (nSPS) is 10.4. The van der Waals surface area contributed by atoms with Gasteiger partial charge in [-0.1, -0.05) is 12.1 Å². The number of nitrogens with zero attached hydrogens (tertiary/aromatic N) is 1. The van der Waals surface area contributed by atoms with Crippen molar-refractivity contribution in [1.29, 1.82) is 0 Å². The van der Waals surface area contributed by atoms with Crippen LogP contribution in [0.5, 0.6) is 11.5 Å². The van der Waals surface area contributed by atoms with E-state index in [4.69, 9.17) is 4.74 Å². The van der Waals surface area contributed by atoms with E-state index in [0.717, 1.165) is 12.1 Å². The minimum absolute atomic E-state index is 0.172. The average Bonchev–Trinajstić information content (AvgIpc) is 2.39. The highest BCUT2D eigenvalue weighted by molar-refractivity contribution is 5.51. The Morgan fingerprint density at radius 1 is 1.05 bits per heavy atom. The number of phenolic OH excluding ortho intramolecular Hbond substituents is 1. The molecular weight excluding hydrogens is 250 g/mol. The van der Waals surface area contributed by atoms with Crippen LogP contribution >= 0.6 is 0 Å². The molecular formula is C17H21NO2. The number of anilines is 1. The zero-order valence-corrected chi connectivity index (χ0v) is 12.5. The smallest absolute Gasteiger partial charge is 0.160 e. The molecule has 0 aliphatic carbocycles. The van der Waals surface area contributed by atoms with Gasteiger partial charge in [-0.25, -0.2) is 0 Å². The summed E-state index contributed by atoms with van der Waals surface area (Å²) in [4.78, 5) is 2.19. The van der Waals surface area contributed by atoms with Crippen molar-refractivity contribution < 1.29 is 9.84 Å². The van der Waals surface area contributed by atoms with E-state index in [0.29, 0.717) is 5.75 Å². The molecule has 0 fully saturated rings. The maximum Gasteiger partial charge on any atom is 0.160 e. The van der Waals surface area contributed by atoms with Crippen molar-refractivity contribution in [3.63, 3.8) is 0 Å². The summed E-state index contributed by atoms with van der Waals surface area (Å²) in [7, 11) is 3.63. The van der Waals surface area contributed by atoms with E-state index in [1.165, 1.54) is 16.8 Å². The van der Waals surface area contributed by atoms with Crippen LogP contribution in [-0.4, -0.2) is 19.3 Å². The van der Waals surface area contributed by atoms with Gasteiger partial charge in [0.25, 0.3) is 0 Å². The molecule has 1 N–H and O–H groups in total. The van der Waals surface area contributed by atoms with Crippen LogP contribution in [0.3, 0.4) is 0 Å². The molecule has 20 heavy (non-hydrogen) atoms. The molecule has 2 rings (SSSR count). The lowest BCUT2D eigenvalue weighted by atomic mass is 10.1. The van der Waals surface area contributed by atoms with Gasteiger partial charge in [0.2, 0.25) is 0 Å². The highest BCUT2D eigenvalue weighted by Gasteiger charge is 2.07. The first-order valence-corrected chi connectivity index (χ1v) is 6.65. The van der Waals surface area contributed by atoms with Gasteiger partial charge >= 0.3 is 0 Å². The summed E-state index contributed by atoms with van der Waals surface area (Å²) < 4.78 is 5.14. The van der Waals surface area contributed by atoms with Crippen molar-refractivity contribution >= 4 is 5.69 Å². The summed E-state index contributed by atoms with van der Waals surface area (Å²) in [6.45, 7) is 4.97. The van der Waals surface area contributed by atoms with E-state index < -0.39 is 0 Å². The Bertz CT molecular complexity index is 588. The number of hydrogen-bond acceptors (Lipinski definition) is 3. The molecule has 3 heteroatoms. The van der Waals surface area contributed by atoms with Crippen LogP contribution in [0, 0.1) is 13.8 Å². The number of aryl methyl sites for hydroxylation is 2. The Kier molecular flexibility index (Phi) is 4.18. The van der Waals surface area contributed by atoms with Crippen LogP contribution in [0.2, 0.25) is 0 Å². The van der Waals surface area contributed by atoms with Gasteiger partial charge in [-0.05, 0) is 54.8 Å². The fraction of sp³-hybridized carbons (Fsp3) is 0.294. The first kappa shape index (κ1) is 14.3. The molecule has 0 amide bonds. The predicted molar refractivity (Wildman–Crippen MR) is 82.7 cm³/mol. The Hall–Kier alpha value is -2.16. The van der Waals surface area contributed by atoms with Crippen LogP contribution in [0.15, 0.2) is 36.4 Å². The number of phenols is 1. The number of ether oxygens (including phenoxy) is 1. The summed E-state index contributed by atoms with van der Waals surface area (Å²) in [6.07, 6.45) is 0. The average molecular weight is 271 g/mol. The van der Waals surface area contributed by atoms with Crippen LogP contribution < -0.4 is 9.64 Å². The lowest BCUT2D eigenvalue weighted by Crippen LogP contribution is -2.16. The van der Waals surface area contributed by atoms with Crippen LogP contribution in [-0.2, 0) is 6.54 Å². The molecule has 0 aliphatic heterocycles. The molecule has 0 heterocycles. The minimum Gasteiger partial charge on any atom is -0.504 e. The van der Waals surface area contributed by atoms with Crippen LogP contribution in [0.1, 0.15) is 16.7 Å². The number of rotatable bonds is 4. The van der Waals surface area contributed by atoms with Crippen molar-refractivity contribution in [2.45, 2.75) is 20.4 Å². The van der Waals surface area contributed by atoms with Crippen LogP contribution in [0.4, 0.5) is 5.69 Å². The molecule has 0 aromatic heterocycles. The summed E-state index contributed by atoms with van der Waals surface area (Å²) in [5.41, 5.74) is 4.81. The zero-order chi connectivity index (χ0) is 14.7. The van der Waals surface area contributed by atoms with Crippen molar-refractivity contribution in [1.82, 2.24) is 0 Å². The molecule has 0 saturated heterocycles. The second kappa shape index (κ2) is 5.87. The van der Waals surface area contributed by atoms with E-state index in [-0.39, 0.29) is 5.75 Å². The van der Waals surface area contributed by atoms with Crippen molar-refractivity contribution in [3.05, 3.63) is 53.1 Å². The number of aromatic hydroxyl groups is 1. The Labute approximate surface area is 120 Å². The topological polar surface area (TPSA) is 32.7 Å². The first-order chi connectivity index (χ1) is 9.49. The van der Waals surface area contributed by atoms with Gasteiger partial charge in [0.15, 0.2) is 11.5 Å². The standard InChI is InChI=1S/C17H21NO2/c1-12-7-13(2)9-15(8-12)18(3)11-14-5-6-16(19)17(10-14)20-4/h5-10,19H,11H2,1-4H3. The van der Waals surface area contributed by atoms with Crippen molar-refractivity contribution in [2.24, 2.45) is 0 Å². The van der Waals surface area contributed by atoms with Gasteiger partial charge in [0.05, 0.1) is 7.11 Å². The molecule has 0 bridgehead atoms. The lowest BCUT2D eigenvalue weighted by Gasteiger charge is -2.21. The Morgan fingerprint density at radius 3 is 2.30 bits per heavy atom. The maximum absolute atomic E-state index is 9.62. The van der Waals surface area contributed by atoms with E-state index >= 15 is 0 Å². The van der Waals surface area contributed by atoms with Crippen molar-refractivity contribution in [3.8, 4) is 11.5 Å². The highest BCUT2D eigenvalue weighted by atomic mass is 16.5. The Morgan fingerprint density at radius 2 is 1.70 bits per heavy atom. The highest BCUT2D eigenvalue weighted by Crippen LogP contribution is 2.27. The molecule has 0 unspecified atom stereocenters. The second-order valence-corrected chi connectivity index (χ2v) is 5.21. The molecule has 0 aliphatic rings. The molecule has 106 valence electrons. The van der Waals surface area contributed by atoms with Gasteiger partial charge in [-0.2, -0.15) is 0 Å². The molecule has 3 nitrogen and oxygen atoms in total. The van der Waals surface area contributed by atoms with Gasteiger partial charge in [0.1, 0.15) is 0 Å². The lowest BCUT2D eigenvalue weighted by molar-refractivity contribution is 0.373.